The number of nitrogens with zero attached hydrogens (tertiary/aromatic N) is 1. The van der Waals surface area contributed by atoms with Gasteiger partial charge in [0.15, 0.2) is 0 Å². The van der Waals surface area contributed by atoms with Crippen molar-refractivity contribution in [1.29, 1.82) is 0 Å². The van der Waals surface area contributed by atoms with Crippen LogP contribution in [0.3, 0.4) is 0 Å². The lowest BCUT2D eigenvalue weighted by Crippen LogP contribution is -2.22. The summed E-state index contributed by atoms with van der Waals surface area (Å²) < 4.78 is 0. The molecule has 1 unspecified atom stereocenters. The highest BCUT2D eigenvalue weighted by molar-refractivity contribution is 7.11. The molecule has 0 aliphatic heterocycles. The summed E-state index contributed by atoms with van der Waals surface area (Å²) >= 11 is 14.2. The van der Waals surface area contributed by atoms with Gasteiger partial charge in [-0.3, -0.25) is 0 Å². The number of aromatic nitrogens is 1. The lowest BCUT2D eigenvalue weighted by molar-refractivity contribution is 0.625. The number of hydrogen-bond acceptors (Lipinski definition) is 3. The lowest BCUT2D eigenvalue weighted by Gasteiger charge is -2.17. The van der Waals surface area contributed by atoms with Gasteiger partial charge in [0, 0.05) is 14.9 Å². The van der Waals surface area contributed by atoms with Gasteiger partial charge in [-0.25, -0.2) is 4.98 Å². The molecule has 1 heterocycles. The van der Waals surface area contributed by atoms with Crippen molar-refractivity contribution in [2.24, 2.45) is 0 Å². The van der Waals surface area contributed by atoms with Crippen LogP contribution in [0, 0.1) is 0 Å². The molecule has 0 bridgehead atoms. The Morgan fingerprint density at radius 1 is 1.35 bits per heavy atom. The molecule has 0 radical (unpaired) electrons. The Balaban J connectivity index is 1.99. The Bertz CT molecular complexity index is 603. The molecule has 1 N–H and O–H groups in total. The van der Waals surface area contributed by atoms with Crippen LogP contribution in [0.1, 0.15) is 40.5 Å². The summed E-state index contributed by atoms with van der Waals surface area (Å²) in [6.07, 6.45) is 3.52. The summed E-state index contributed by atoms with van der Waals surface area (Å²) in [5.74, 6) is 0. The zero-order valence-corrected chi connectivity index (χ0v) is 13.6. The number of fused-ring (bicyclic) bond motifs is 1. The molecule has 1 aromatic heterocycles. The van der Waals surface area contributed by atoms with Gasteiger partial charge in [-0.05, 0) is 43.5 Å². The molecule has 2 aromatic rings. The molecule has 0 amide bonds. The molecule has 0 saturated carbocycles. The van der Waals surface area contributed by atoms with Crippen LogP contribution in [0.15, 0.2) is 18.2 Å². The van der Waals surface area contributed by atoms with Crippen molar-refractivity contribution >= 4 is 34.5 Å². The second kappa shape index (κ2) is 6.02. The highest BCUT2D eigenvalue weighted by Crippen LogP contribution is 2.36. The van der Waals surface area contributed by atoms with E-state index in [4.69, 9.17) is 28.2 Å². The molecule has 5 heteroatoms. The third kappa shape index (κ3) is 2.73. The van der Waals surface area contributed by atoms with Crippen LogP contribution >= 0.6 is 34.5 Å². The molecule has 2 nitrogen and oxygen atoms in total. The van der Waals surface area contributed by atoms with Gasteiger partial charge in [0.2, 0.25) is 0 Å². The second-order valence-electron chi connectivity index (χ2n) is 4.93. The summed E-state index contributed by atoms with van der Waals surface area (Å²) in [6.45, 7) is 2.96. The van der Waals surface area contributed by atoms with Gasteiger partial charge in [-0.15, -0.1) is 11.3 Å². The molecule has 106 valence electrons. The monoisotopic (exact) mass is 326 g/mol. The predicted octanol–water partition coefficient (Wildman–Crippen LogP) is 4.64. The minimum atomic E-state index is 0.0559. The molecule has 0 saturated heterocycles. The fourth-order valence-corrected chi connectivity index (χ4v) is 4.37. The van der Waals surface area contributed by atoms with Crippen LogP contribution in [-0.4, -0.2) is 11.5 Å². The zero-order valence-electron chi connectivity index (χ0n) is 11.2. The number of rotatable bonds is 4. The van der Waals surface area contributed by atoms with E-state index in [0.717, 1.165) is 23.5 Å². The Morgan fingerprint density at radius 3 is 2.90 bits per heavy atom. The molecule has 3 rings (SSSR count). The number of benzene rings is 1. The van der Waals surface area contributed by atoms with E-state index >= 15 is 0 Å². The first kappa shape index (κ1) is 14.3. The van der Waals surface area contributed by atoms with Crippen molar-refractivity contribution in [2.75, 3.05) is 6.54 Å². The summed E-state index contributed by atoms with van der Waals surface area (Å²) in [4.78, 5) is 6.25. The molecule has 1 aromatic carbocycles. The van der Waals surface area contributed by atoms with E-state index in [9.17, 15) is 0 Å². The average Bonchev–Trinajstić information content (AvgIpc) is 2.97. The number of halogens is 2. The van der Waals surface area contributed by atoms with Gasteiger partial charge in [0.05, 0.1) is 11.7 Å². The number of aryl methyl sites for hydroxylation is 2. The van der Waals surface area contributed by atoms with E-state index in [1.54, 1.807) is 6.07 Å². The fraction of sp³-hybridized carbons (Fsp3) is 0.400. The van der Waals surface area contributed by atoms with Gasteiger partial charge in [-0.1, -0.05) is 36.2 Å². The first-order valence-electron chi connectivity index (χ1n) is 6.86. The summed E-state index contributed by atoms with van der Waals surface area (Å²) in [6, 6.07) is 5.73. The number of nitrogens with one attached hydrogen (secondary N) is 1. The summed E-state index contributed by atoms with van der Waals surface area (Å²) in [5.41, 5.74) is 2.32. The van der Waals surface area contributed by atoms with Crippen molar-refractivity contribution in [3.8, 4) is 0 Å². The van der Waals surface area contributed by atoms with Gasteiger partial charge < -0.3 is 5.32 Å². The van der Waals surface area contributed by atoms with E-state index < -0.39 is 0 Å². The minimum absolute atomic E-state index is 0.0559. The second-order valence-corrected chi connectivity index (χ2v) is 6.89. The summed E-state index contributed by atoms with van der Waals surface area (Å²) in [5, 5.41) is 5.95. The van der Waals surface area contributed by atoms with Crippen LogP contribution in [-0.2, 0) is 12.8 Å². The molecule has 0 spiro atoms. The fourth-order valence-electron chi connectivity index (χ4n) is 2.60. The first-order valence-corrected chi connectivity index (χ1v) is 8.43. The third-order valence-corrected chi connectivity index (χ3v) is 5.33. The normalized spacial score (nSPS) is 15.3. The molecule has 1 aliphatic rings. The van der Waals surface area contributed by atoms with Crippen LogP contribution in [0.5, 0.6) is 0 Å². The van der Waals surface area contributed by atoms with Crippen LogP contribution < -0.4 is 5.32 Å². The Kier molecular flexibility index (Phi) is 4.32. The Morgan fingerprint density at radius 2 is 2.20 bits per heavy atom. The van der Waals surface area contributed by atoms with Gasteiger partial charge >= 0.3 is 0 Å². The molecule has 20 heavy (non-hydrogen) atoms. The number of thiazole rings is 1. The number of hydrogen-bond donors (Lipinski definition) is 1. The minimum Gasteiger partial charge on any atom is -0.304 e. The highest BCUT2D eigenvalue weighted by Gasteiger charge is 2.24. The molecule has 0 fully saturated rings. The average molecular weight is 327 g/mol. The van der Waals surface area contributed by atoms with E-state index in [0.29, 0.717) is 10.0 Å². The standard InChI is InChI=1S/C15H16Cl2N2S/c1-2-18-14(10-7-6-9(16)8-11(10)17)15-19-12-4-3-5-13(12)20-15/h6-8,14,18H,2-5H2,1H3. The maximum Gasteiger partial charge on any atom is 0.115 e. The zero-order chi connectivity index (χ0) is 14.1. The quantitative estimate of drug-likeness (QED) is 0.885. The van der Waals surface area contributed by atoms with Crippen molar-refractivity contribution < 1.29 is 0 Å². The maximum absolute atomic E-state index is 6.36. The lowest BCUT2D eigenvalue weighted by atomic mass is 10.1. The molecular weight excluding hydrogens is 311 g/mol. The highest BCUT2D eigenvalue weighted by atomic mass is 35.5. The topological polar surface area (TPSA) is 24.9 Å². The van der Waals surface area contributed by atoms with Crippen molar-refractivity contribution in [3.63, 3.8) is 0 Å². The van der Waals surface area contributed by atoms with Gasteiger partial charge in [0.25, 0.3) is 0 Å². The predicted molar refractivity (Wildman–Crippen MR) is 86.1 cm³/mol. The van der Waals surface area contributed by atoms with Crippen molar-refractivity contribution in [2.45, 2.75) is 32.2 Å². The third-order valence-electron chi connectivity index (χ3n) is 3.54. The first-order chi connectivity index (χ1) is 9.69. The summed E-state index contributed by atoms with van der Waals surface area (Å²) in [7, 11) is 0. The van der Waals surface area contributed by atoms with Crippen molar-refractivity contribution in [3.05, 3.63) is 49.4 Å². The molecule has 1 atom stereocenters. The van der Waals surface area contributed by atoms with E-state index in [1.165, 1.54) is 23.4 Å². The van der Waals surface area contributed by atoms with Crippen LogP contribution in [0.25, 0.3) is 0 Å². The SMILES string of the molecule is CCNC(c1nc2c(s1)CCC2)c1ccc(Cl)cc1Cl. The molecule has 1 aliphatic carbocycles. The maximum atomic E-state index is 6.36. The van der Waals surface area contributed by atoms with Crippen molar-refractivity contribution in [1.82, 2.24) is 10.3 Å². The van der Waals surface area contributed by atoms with Crippen LogP contribution in [0.2, 0.25) is 10.0 Å². The Hall–Kier alpha value is -0.610. The van der Waals surface area contributed by atoms with E-state index in [1.807, 2.05) is 23.5 Å². The smallest absolute Gasteiger partial charge is 0.115 e. The Labute approximate surface area is 133 Å². The van der Waals surface area contributed by atoms with E-state index in [-0.39, 0.29) is 6.04 Å². The molecular formula is C15H16Cl2N2S. The van der Waals surface area contributed by atoms with Gasteiger partial charge in [0.1, 0.15) is 5.01 Å². The van der Waals surface area contributed by atoms with E-state index in [2.05, 4.69) is 12.2 Å². The largest absolute Gasteiger partial charge is 0.304 e. The van der Waals surface area contributed by atoms with Gasteiger partial charge in [-0.2, -0.15) is 0 Å². The van der Waals surface area contributed by atoms with Crippen LogP contribution in [0.4, 0.5) is 0 Å².